The van der Waals surface area contributed by atoms with Crippen LogP contribution in [0.2, 0.25) is 0 Å². The van der Waals surface area contributed by atoms with Crippen LogP contribution >= 0.6 is 0 Å². The highest BCUT2D eigenvalue weighted by Gasteiger charge is 2.34. The smallest absolute Gasteiger partial charge is 0.310 e. The SMILES string of the molecule is CCCCOCCCN(CC(C)C(=O)OC)C(=O)C1CC1. The van der Waals surface area contributed by atoms with Gasteiger partial charge in [-0.3, -0.25) is 9.59 Å². The monoisotopic (exact) mass is 299 g/mol. The Kier molecular flexibility index (Phi) is 8.35. The topological polar surface area (TPSA) is 55.8 Å². The minimum absolute atomic E-state index is 0.177. The third-order valence-corrected chi connectivity index (χ3v) is 3.70. The van der Waals surface area contributed by atoms with Crippen molar-refractivity contribution in [1.29, 1.82) is 0 Å². The van der Waals surface area contributed by atoms with Gasteiger partial charge in [-0.2, -0.15) is 0 Å². The van der Waals surface area contributed by atoms with Crippen LogP contribution in [0.25, 0.3) is 0 Å². The largest absolute Gasteiger partial charge is 0.469 e. The zero-order chi connectivity index (χ0) is 15.7. The summed E-state index contributed by atoms with van der Waals surface area (Å²) >= 11 is 0. The molecule has 1 aliphatic rings. The van der Waals surface area contributed by atoms with E-state index >= 15 is 0 Å². The van der Waals surface area contributed by atoms with Crippen molar-refractivity contribution in [3.05, 3.63) is 0 Å². The molecule has 5 heteroatoms. The molecule has 0 aliphatic heterocycles. The van der Waals surface area contributed by atoms with Crippen LogP contribution in [0.15, 0.2) is 0 Å². The Morgan fingerprint density at radius 3 is 2.48 bits per heavy atom. The van der Waals surface area contributed by atoms with E-state index in [4.69, 9.17) is 9.47 Å². The summed E-state index contributed by atoms with van der Waals surface area (Å²) in [6, 6.07) is 0. The molecule has 1 unspecified atom stereocenters. The number of hydrogen-bond acceptors (Lipinski definition) is 4. The first-order valence-electron chi connectivity index (χ1n) is 8.04. The van der Waals surface area contributed by atoms with Gasteiger partial charge >= 0.3 is 5.97 Å². The number of carbonyl (C=O) groups is 2. The minimum Gasteiger partial charge on any atom is -0.469 e. The lowest BCUT2D eigenvalue weighted by molar-refractivity contribution is -0.146. The summed E-state index contributed by atoms with van der Waals surface area (Å²) in [5, 5.41) is 0. The molecule has 1 aliphatic carbocycles. The zero-order valence-electron chi connectivity index (χ0n) is 13.6. The van der Waals surface area contributed by atoms with Crippen molar-refractivity contribution in [2.75, 3.05) is 33.4 Å². The molecule has 0 heterocycles. The molecule has 5 nitrogen and oxygen atoms in total. The van der Waals surface area contributed by atoms with E-state index in [2.05, 4.69) is 6.92 Å². The molecular formula is C16H29NO4. The maximum Gasteiger partial charge on any atom is 0.310 e. The molecule has 0 saturated heterocycles. The lowest BCUT2D eigenvalue weighted by atomic mass is 10.1. The van der Waals surface area contributed by atoms with E-state index in [1.807, 2.05) is 4.90 Å². The van der Waals surface area contributed by atoms with Gasteiger partial charge in [0.05, 0.1) is 13.0 Å². The van der Waals surface area contributed by atoms with Gasteiger partial charge in [0.25, 0.3) is 0 Å². The molecule has 1 rings (SSSR count). The Morgan fingerprint density at radius 2 is 1.90 bits per heavy atom. The number of unbranched alkanes of at least 4 members (excludes halogenated alkanes) is 1. The standard InChI is InChI=1S/C16H29NO4/c1-4-5-10-21-11-6-9-17(15(18)14-7-8-14)12-13(2)16(19)20-3/h13-14H,4-12H2,1-3H3. The molecule has 0 aromatic carbocycles. The summed E-state index contributed by atoms with van der Waals surface area (Å²) in [6.07, 6.45) is 4.98. The number of esters is 1. The number of ether oxygens (including phenoxy) is 2. The van der Waals surface area contributed by atoms with Crippen molar-refractivity contribution in [3.8, 4) is 0 Å². The zero-order valence-corrected chi connectivity index (χ0v) is 13.6. The van der Waals surface area contributed by atoms with Crippen molar-refractivity contribution in [2.45, 2.75) is 46.0 Å². The van der Waals surface area contributed by atoms with Crippen LogP contribution in [0.5, 0.6) is 0 Å². The predicted molar refractivity (Wildman–Crippen MR) is 80.8 cm³/mol. The Balaban J connectivity index is 2.34. The molecule has 0 radical (unpaired) electrons. The summed E-state index contributed by atoms with van der Waals surface area (Å²) in [7, 11) is 1.38. The first-order valence-corrected chi connectivity index (χ1v) is 8.04. The van der Waals surface area contributed by atoms with Crippen molar-refractivity contribution in [3.63, 3.8) is 0 Å². The van der Waals surface area contributed by atoms with Crippen LogP contribution in [-0.2, 0) is 19.1 Å². The van der Waals surface area contributed by atoms with E-state index in [0.29, 0.717) is 19.7 Å². The van der Waals surface area contributed by atoms with Gasteiger partial charge in [-0.15, -0.1) is 0 Å². The second kappa shape index (κ2) is 9.77. The van der Waals surface area contributed by atoms with Gasteiger partial charge in [-0.1, -0.05) is 20.3 Å². The van der Waals surface area contributed by atoms with E-state index < -0.39 is 0 Å². The van der Waals surface area contributed by atoms with Gasteiger partial charge < -0.3 is 14.4 Å². The molecule has 1 saturated carbocycles. The van der Waals surface area contributed by atoms with Crippen molar-refractivity contribution < 1.29 is 19.1 Å². The second-order valence-electron chi connectivity index (χ2n) is 5.80. The van der Waals surface area contributed by atoms with Crippen molar-refractivity contribution in [1.82, 2.24) is 4.90 Å². The van der Waals surface area contributed by atoms with Gasteiger partial charge in [-0.05, 0) is 25.7 Å². The molecule has 1 atom stereocenters. The number of hydrogen-bond donors (Lipinski definition) is 0. The highest BCUT2D eigenvalue weighted by Crippen LogP contribution is 2.31. The Hall–Kier alpha value is -1.10. The summed E-state index contributed by atoms with van der Waals surface area (Å²) in [4.78, 5) is 25.6. The number of nitrogens with zero attached hydrogens (tertiary/aromatic N) is 1. The minimum atomic E-state index is -0.279. The quantitative estimate of drug-likeness (QED) is 0.434. The van der Waals surface area contributed by atoms with Crippen molar-refractivity contribution in [2.24, 2.45) is 11.8 Å². The molecule has 122 valence electrons. The first kappa shape index (κ1) is 18.0. The Labute approximate surface area is 128 Å². The average molecular weight is 299 g/mol. The summed E-state index contributed by atoms with van der Waals surface area (Å²) in [6.45, 7) is 6.48. The lowest BCUT2D eigenvalue weighted by Gasteiger charge is -2.25. The number of methoxy groups -OCH3 is 1. The van der Waals surface area contributed by atoms with E-state index in [1.54, 1.807) is 6.92 Å². The lowest BCUT2D eigenvalue weighted by Crippen LogP contribution is -2.39. The van der Waals surface area contributed by atoms with Crippen LogP contribution in [0, 0.1) is 11.8 Å². The fraction of sp³-hybridized carbons (Fsp3) is 0.875. The van der Waals surface area contributed by atoms with Gasteiger partial charge in [0.2, 0.25) is 5.91 Å². The predicted octanol–water partition coefficient (Wildman–Crippen LogP) is 2.24. The van der Waals surface area contributed by atoms with Gasteiger partial charge in [0, 0.05) is 32.2 Å². The van der Waals surface area contributed by atoms with E-state index in [-0.39, 0.29) is 23.7 Å². The highest BCUT2D eigenvalue weighted by molar-refractivity contribution is 5.82. The van der Waals surface area contributed by atoms with Gasteiger partial charge in [0.15, 0.2) is 0 Å². The fourth-order valence-electron chi connectivity index (χ4n) is 2.19. The summed E-state index contributed by atoms with van der Waals surface area (Å²) in [5.41, 5.74) is 0. The van der Waals surface area contributed by atoms with E-state index in [1.165, 1.54) is 7.11 Å². The summed E-state index contributed by atoms with van der Waals surface area (Å²) in [5.74, 6) is -0.184. The molecule has 0 aromatic rings. The molecular weight excluding hydrogens is 270 g/mol. The van der Waals surface area contributed by atoms with Gasteiger partial charge in [-0.25, -0.2) is 0 Å². The first-order chi connectivity index (χ1) is 10.1. The molecule has 0 bridgehead atoms. The average Bonchev–Trinajstić information content (AvgIpc) is 3.32. The van der Waals surface area contributed by atoms with Crippen LogP contribution in [0.3, 0.4) is 0 Å². The van der Waals surface area contributed by atoms with Gasteiger partial charge in [0.1, 0.15) is 0 Å². The third kappa shape index (κ3) is 6.93. The summed E-state index contributed by atoms with van der Waals surface area (Å²) < 4.78 is 10.3. The van der Waals surface area contributed by atoms with Crippen LogP contribution in [0.1, 0.15) is 46.0 Å². The Bertz CT molecular complexity index is 328. The van der Waals surface area contributed by atoms with Crippen molar-refractivity contribution >= 4 is 11.9 Å². The maximum atomic E-state index is 12.3. The second-order valence-corrected chi connectivity index (χ2v) is 5.80. The van der Waals surface area contributed by atoms with E-state index in [0.717, 1.165) is 38.7 Å². The number of carbonyl (C=O) groups excluding carboxylic acids is 2. The molecule has 21 heavy (non-hydrogen) atoms. The molecule has 1 fully saturated rings. The molecule has 1 amide bonds. The molecule has 0 aromatic heterocycles. The van der Waals surface area contributed by atoms with Crippen LogP contribution < -0.4 is 0 Å². The molecule has 0 N–H and O–H groups in total. The maximum absolute atomic E-state index is 12.3. The van der Waals surface area contributed by atoms with Crippen LogP contribution in [0.4, 0.5) is 0 Å². The normalized spacial score (nSPS) is 15.6. The number of amides is 1. The van der Waals surface area contributed by atoms with Crippen LogP contribution in [-0.4, -0.2) is 50.2 Å². The third-order valence-electron chi connectivity index (χ3n) is 3.70. The number of rotatable bonds is 11. The molecule has 0 spiro atoms. The fourth-order valence-corrected chi connectivity index (χ4v) is 2.19. The van der Waals surface area contributed by atoms with E-state index in [9.17, 15) is 9.59 Å². The Morgan fingerprint density at radius 1 is 1.24 bits per heavy atom. The highest BCUT2D eigenvalue weighted by atomic mass is 16.5.